The van der Waals surface area contributed by atoms with E-state index in [1.165, 1.54) is 0 Å². The smallest absolute Gasteiger partial charge is 0.189 e. The minimum atomic E-state index is -0.0686. The maximum absolute atomic E-state index is 12.7. The fourth-order valence-corrected chi connectivity index (χ4v) is 3.16. The topological polar surface area (TPSA) is 84.2 Å². The van der Waals surface area contributed by atoms with Crippen molar-refractivity contribution in [3.63, 3.8) is 0 Å². The second-order valence-electron chi connectivity index (χ2n) is 6.51. The lowest BCUT2D eigenvalue weighted by Crippen LogP contribution is -2.26. The number of para-hydroxylation sites is 4. The molecular formula is C20H20N4O2. The van der Waals surface area contributed by atoms with E-state index in [1.54, 1.807) is 4.90 Å². The number of H-pyrrole nitrogens is 1. The van der Waals surface area contributed by atoms with E-state index in [9.17, 15) is 4.79 Å². The molecule has 0 saturated carbocycles. The first-order valence-electron chi connectivity index (χ1n) is 8.56. The molecular weight excluding hydrogens is 328 g/mol. The Hall–Kier alpha value is -3.28. The first kappa shape index (κ1) is 16.2. The van der Waals surface area contributed by atoms with Gasteiger partial charge < -0.3 is 20.4 Å². The zero-order valence-corrected chi connectivity index (χ0v) is 14.7. The molecule has 1 aliphatic heterocycles. The van der Waals surface area contributed by atoms with Crippen LogP contribution < -0.4 is 15.4 Å². The number of rotatable bonds is 4. The highest BCUT2D eigenvalue weighted by Crippen LogP contribution is 2.35. The standard InChI is InChI=1S/C20H20N4O2/c1-12(2)26-17-10-6-5-9-15(17)24-11-16(25)18(19(24)21)20-22-13-7-3-4-8-14(13)23-20/h3-10,12H,11,21H2,1-2H3,(H,22,23). The number of nitrogens with zero attached hydrogens (tertiary/aromatic N) is 2. The largest absolute Gasteiger partial charge is 0.489 e. The van der Waals surface area contributed by atoms with Gasteiger partial charge in [0.15, 0.2) is 5.78 Å². The van der Waals surface area contributed by atoms with E-state index in [0.717, 1.165) is 16.7 Å². The molecule has 3 aromatic rings. The molecule has 26 heavy (non-hydrogen) atoms. The van der Waals surface area contributed by atoms with E-state index in [2.05, 4.69) is 9.97 Å². The van der Waals surface area contributed by atoms with E-state index in [-0.39, 0.29) is 18.4 Å². The van der Waals surface area contributed by atoms with Crippen molar-refractivity contribution in [1.29, 1.82) is 0 Å². The summed E-state index contributed by atoms with van der Waals surface area (Å²) >= 11 is 0. The number of hydrogen-bond donors (Lipinski definition) is 2. The zero-order valence-electron chi connectivity index (χ0n) is 14.7. The van der Waals surface area contributed by atoms with Crippen LogP contribution in [-0.4, -0.2) is 28.4 Å². The van der Waals surface area contributed by atoms with Crippen LogP contribution in [0.15, 0.2) is 54.4 Å². The third-order valence-electron chi connectivity index (χ3n) is 4.27. The first-order valence-corrected chi connectivity index (χ1v) is 8.56. The summed E-state index contributed by atoms with van der Waals surface area (Å²) in [5, 5.41) is 0. The van der Waals surface area contributed by atoms with E-state index >= 15 is 0 Å². The lowest BCUT2D eigenvalue weighted by atomic mass is 10.2. The molecule has 1 aromatic heterocycles. The highest BCUT2D eigenvalue weighted by Gasteiger charge is 2.33. The molecule has 0 spiro atoms. The first-order chi connectivity index (χ1) is 12.5. The maximum atomic E-state index is 12.7. The quantitative estimate of drug-likeness (QED) is 0.757. The highest BCUT2D eigenvalue weighted by atomic mass is 16.5. The molecule has 1 aliphatic rings. The number of carbonyl (C=O) groups is 1. The summed E-state index contributed by atoms with van der Waals surface area (Å²) < 4.78 is 5.88. The SMILES string of the molecule is CC(C)Oc1ccccc1N1CC(=O)C(c2nc3ccccc3[nH]2)=C1N. The fourth-order valence-electron chi connectivity index (χ4n) is 3.16. The Morgan fingerprint density at radius 2 is 1.88 bits per heavy atom. The number of anilines is 1. The molecule has 0 radical (unpaired) electrons. The Balaban J connectivity index is 1.78. The van der Waals surface area contributed by atoms with Crippen molar-refractivity contribution in [2.24, 2.45) is 5.73 Å². The van der Waals surface area contributed by atoms with Gasteiger partial charge in [-0.2, -0.15) is 0 Å². The number of hydrogen-bond acceptors (Lipinski definition) is 5. The average Bonchev–Trinajstić information content (AvgIpc) is 3.15. The Bertz CT molecular complexity index is 986. The van der Waals surface area contributed by atoms with Gasteiger partial charge in [-0.1, -0.05) is 24.3 Å². The average molecular weight is 348 g/mol. The number of ether oxygens (including phenoxy) is 1. The molecule has 0 atom stereocenters. The van der Waals surface area contributed by atoms with Crippen molar-refractivity contribution in [2.45, 2.75) is 20.0 Å². The minimum Gasteiger partial charge on any atom is -0.489 e. The Morgan fingerprint density at radius 3 is 2.65 bits per heavy atom. The monoisotopic (exact) mass is 348 g/mol. The Kier molecular flexibility index (Phi) is 3.88. The van der Waals surface area contributed by atoms with Crippen molar-refractivity contribution in [3.05, 3.63) is 60.2 Å². The zero-order chi connectivity index (χ0) is 18.3. The summed E-state index contributed by atoms with van der Waals surface area (Å²) in [5.41, 5.74) is 9.24. The predicted molar refractivity (Wildman–Crippen MR) is 102 cm³/mol. The number of benzene rings is 2. The van der Waals surface area contributed by atoms with Crippen LogP contribution >= 0.6 is 0 Å². The van der Waals surface area contributed by atoms with Crippen molar-refractivity contribution in [2.75, 3.05) is 11.4 Å². The number of aromatic amines is 1. The summed E-state index contributed by atoms with van der Waals surface area (Å²) in [4.78, 5) is 22.2. The van der Waals surface area contributed by atoms with Crippen LogP contribution in [0.25, 0.3) is 16.6 Å². The van der Waals surface area contributed by atoms with Crippen LogP contribution in [0.1, 0.15) is 19.7 Å². The molecule has 2 aromatic carbocycles. The van der Waals surface area contributed by atoms with Gasteiger partial charge >= 0.3 is 0 Å². The number of nitrogens with two attached hydrogens (primary N) is 1. The summed E-state index contributed by atoms with van der Waals surface area (Å²) in [6, 6.07) is 15.2. The minimum absolute atomic E-state index is 0.0227. The van der Waals surface area contributed by atoms with Gasteiger partial charge in [0.2, 0.25) is 0 Å². The highest BCUT2D eigenvalue weighted by molar-refractivity contribution is 6.26. The van der Waals surface area contributed by atoms with Gasteiger partial charge in [-0.05, 0) is 38.1 Å². The van der Waals surface area contributed by atoms with Crippen LogP contribution in [0.5, 0.6) is 5.75 Å². The van der Waals surface area contributed by atoms with E-state index in [0.29, 0.717) is 23.0 Å². The second kappa shape index (κ2) is 6.22. The molecule has 0 saturated heterocycles. The number of aromatic nitrogens is 2. The molecule has 6 nitrogen and oxygen atoms in total. The summed E-state index contributed by atoms with van der Waals surface area (Å²) in [5.74, 6) is 1.51. The Morgan fingerprint density at radius 1 is 1.15 bits per heavy atom. The van der Waals surface area contributed by atoms with Crippen LogP contribution in [0.2, 0.25) is 0 Å². The predicted octanol–water partition coefficient (Wildman–Crippen LogP) is 3.07. The van der Waals surface area contributed by atoms with Gasteiger partial charge in [-0.15, -0.1) is 0 Å². The maximum Gasteiger partial charge on any atom is 0.189 e. The normalized spacial score (nSPS) is 14.7. The third kappa shape index (κ3) is 2.69. The van der Waals surface area contributed by atoms with Crippen molar-refractivity contribution < 1.29 is 9.53 Å². The summed E-state index contributed by atoms with van der Waals surface area (Å²) in [7, 11) is 0. The number of fused-ring (bicyclic) bond motifs is 1. The van der Waals surface area contributed by atoms with Gasteiger partial charge in [-0.25, -0.2) is 4.98 Å². The van der Waals surface area contributed by atoms with Crippen molar-refractivity contribution in [3.8, 4) is 5.75 Å². The lowest BCUT2D eigenvalue weighted by Gasteiger charge is -2.23. The molecule has 3 N–H and O–H groups in total. The van der Waals surface area contributed by atoms with Crippen LogP contribution in [-0.2, 0) is 4.79 Å². The van der Waals surface area contributed by atoms with Crippen molar-refractivity contribution >= 4 is 28.1 Å². The number of imidazole rings is 1. The molecule has 0 fully saturated rings. The fraction of sp³-hybridized carbons (Fsp3) is 0.200. The Labute approximate surface area is 151 Å². The van der Waals surface area contributed by atoms with Gasteiger partial charge in [0.05, 0.1) is 29.4 Å². The molecule has 2 heterocycles. The van der Waals surface area contributed by atoms with Crippen molar-refractivity contribution in [1.82, 2.24) is 9.97 Å². The molecule has 0 amide bonds. The van der Waals surface area contributed by atoms with Gasteiger partial charge in [0, 0.05) is 0 Å². The molecule has 6 heteroatoms. The van der Waals surface area contributed by atoms with Gasteiger partial charge in [-0.3, -0.25) is 4.79 Å². The number of ketones is 1. The molecule has 0 aliphatic carbocycles. The number of carbonyl (C=O) groups excluding carboxylic acids is 1. The second-order valence-corrected chi connectivity index (χ2v) is 6.51. The van der Waals surface area contributed by atoms with E-state index in [1.807, 2.05) is 62.4 Å². The number of Topliss-reactive ketones (excluding diaryl/α,β-unsaturated/α-hetero) is 1. The van der Waals surface area contributed by atoms with E-state index in [4.69, 9.17) is 10.5 Å². The third-order valence-corrected chi connectivity index (χ3v) is 4.27. The van der Waals surface area contributed by atoms with Crippen LogP contribution in [0.4, 0.5) is 5.69 Å². The lowest BCUT2D eigenvalue weighted by molar-refractivity contribution is -0.112. The van der Waals surface area contributed by atoms with Crippen LogP contribution in [0, 0.1) is 0 Å². The molecule has 0 unspecified atom stereocenters. The van der Waals surface area contributed by atoms with E-state index < -0.39 is 0 Å². The molecule has 0 bridgehead atoms. The van der Waals surface area contributed by atoms with Gasteiger partial charge in [0.25, 0.3) is 0 Å². The van der Waals surface area contributed by atoms with Crippen LogP contribution in [0.3, 0.4) is 0 Å². The molecule has 4 rings (SSSR count). The summed E-state index contributed by atoms with van der Waals surface area (Å²) in [6.07, 6.45) is 0.0227. The summed E-state index contributed by atoms with van der Waals surface area (Å²) in [6.45, 7) is 4.09. The molecule has 132 valence electrons. The van der Waals surface area contributed by atoms with Gasteiger partial charge in [0.1, 0.15) is 23.0 Å². The number of nitrogens with one attached hydrogen (secondary N) is 1.